The van der Waals surface area contributed by atoms with Crippen LogP contribution in [-0.2, 0) is 4.74 Å². The van der Waals surface area contributed by atoms with Crippen molar-refractivity contribution < 1.29 is 14.6 Å². The molecule has 2 saturated heterocycles. The first kappa shape index (κ1) is 16.1. The number of nitrogens with one attached hydrogen (secondary N) is 1. The van der Waals surface area contributed by atoms with E-state index in [-0.39, 0.29) is 17.8 Å². The fourth-order valence-corrected chi connectivity index (χ4v) is 3.32. The van der Waals surface area contributed by atoms with Gasteiger partial charge in [-0.2, -0.15) is 0 Å². The lowest BCUT2D eigenvalue weighted by Gasteiger charge is -2.32. The number of hydrogen-bond acceptors (Lipinski definition) is 4. The number of ether oxygens (including phenoxy) is 1. The Hall–Kier alpha value is -1.79. The molecule has 2 aliphatic heterocycles. The molecule has 126 valence electrons. The monoisotopic (exact) mass is 319 g/mol. The van der Waals surface area contributed by atoms with E-state index in [1.54, 1.807) is 18.2 Å². The number of likely N-dealkylation sites (tertiary alicyclic amines) is 1. The van der Waals surface area contributed by atoms with E-state index in [2.05, 4.69) is 10.2 Å². The van der Waals surface area contributed by atoms with E-state index in [1.807, 2.05) is 17.9 Å². The zero-order valence-electron chi connectivity index (χ0n) is 13.6. The maximum Gasteiger partial charge on any atom is 0.317 e. The number of amides is 2. The molecule has 0 aromatic heterocycles. The third-order valence-electron chi connectivity index (χ3n) is 4.72. The minimum atomic E-state index is -0.128. The molecule has 3 rings (SSSR count). The molecule has 0 spiro atoms. The molecule has 2 fully saturated rings. The molecule has 0 unspecified atom stereocenters. The first-order valence-electron chi connectivity index (χ1n) is 8.29. The Bertz CT molecular complexity index is 546. The molecular formula is C17H25N3O3. The van der Waals surface area contributed by atoms with Gasteiger partial charge in [-0.25, -0.2) is 4.79 Å². The highest BCUT2D eigenvalue weighted by Gasteiger charge is 2.31. The lowest BCUT2D eigenvalue weighted by atomic mass is 10.1. The molecule has 2 aliphatic rings. The summed E-state index contributed by atoms with van der Waals surface area (Å²) in [5.41, 5.74) is 0.905. The van der Waals surface area contributed by atoms with Gasteiger partial charge in [0.15, 0.2) is 0 Å². The lowest BCUT2D eigenvalue weighted by Crippen LogP contribution is -2.46. The van der Waals surface area contributed by atoms with E-state index in [4.69, 9.17) is 4.74 Å². The van der Waals surface area contributed by atoms with Gasteiger partial charge in [0.05, 0.1) is 19.3 Å². The van der Waals surface area contributed by atoms with Crippen LogP contribution in [0, 0.1) is 0 Å². The van der Waals surface area contributed by atoms with Gasteiger partial charge >= 0.3 is 6.03 Å². The summed E-state index contributed by atoms with van der Waals surface area (Å²) in [6, 6.07) is 7.30. The molecule has 0 saturated carbocycles. The molecule has 23 heavy (non-hydrogen) atoms. The van der Waals surface area contributed by atoms with Gasteiger partial charge in [0.1, 0.15) is 5.75 Å². The number of benzene rings is 1. The molecule has 2 heterocycles. The van der Waals surface area contributed by atoms with Gasteiger partial charge in [0, 0.05) is 32.2 Å². The Labute approximate surface area is 137 Å². The number of morpholine rings is 1. The number of nitrogens with zero attached hydrogens (tertiary/aromatic N) is 2. The predicted molar refractivity (Wildman–Crippen MR) is 87.4 cm³/mol. The summed E-state index contributed by atoms with van der Waals surface area (Å²) in [5.74, 6) is 0.220. The van der Waals surface area contributed by atoms with Crippen molar-refractivity contribution in [3.63, 3.8) is 0 Å². The normalized spacial score (nSPS) is 23.7. The van der Waals surface area contributed by atoms with E-state index in [0.29, 0.717) is 6.04 Å². The summed E-state index contributed by atoms with van der Waals surface area (Å²) in [5, 5.41) is 12.6. The van der Waals surface area contributed by atoms with Crippen LogP contribution in [0.15, 0.2) is 24.3 Å². The minimum absolute atomic E-state index is 0.0309. The van der Waals surface area contributed by atoms with Crippen LogP contribution in [0.5, 0.6) is 5.75 Å². The number of carbonyl (C=O) groups is 1. The predicted octanol–water partition coefficient (Wildman–Crippen LogP) is 1.57. The second kappa shape index (κ2) is 7.19. The van der Waals surface area contributed by atoms with Gasteiger partial charge in [0.2, 0.25) is 0 Å². The summed E-state index contributed by atoms with van der Waals surface area (Å²) >= 11 is 0. The molecule has 1 aromatic carbocycles. The molecule has 6 nitrogen and oxygen atoms in total. The first-order chi connectivity index (χ1) is 11.1. The molecule has 2 amide bonds. The summed E-state index contributed by atoms with van der Waals surface area (Å²) in [6.45, 7) is 7.00. The molecule has 0 bridgehead atoms. The van der Waals surface area contributed by atoms with Crippen LogP contribution in [0.1, 0.15) is 24.9 Å². The van der Waals surface area contributed by atoms with Gasteiger partial charge < -0.3 is 20.1 Å². The Morgan fingerprint density at radius 1 is 1.35 bits per heavy atom. The number of phenolic OH excluding ortho intramolecular Hbond substituents is 1. The number of phenols is 1. The average molecular weight is 319 g/mol. The number of aromatic hydroxyl groups is 1. The van der Waals surface area contributed by atoms with Crippen LogP contribution in [-0.4, -0.2) is 66.4 Å². The standard InChI is InChI=1S/C17H25N3O3/c1-13(14-3-2-4-16(21)11-14)18-17(22)20-6-5-15(12-20)19-7-9-23-10-8-19/h2-4,11,13,15,21H,5-10,12H2,1H3,(H,18,22)/t13-,15+/m1/s1. The van der Waals surface area contributed by atoms with Gasteiger partial charge in [-0.05, 0) is 31.0 Å². The van der Waals surface area contributed by atoms with Crippen LogP contribution in [0.3, 0.4) is 0 Å². The Morgan fingerprint density at radius 2 is 2.13 bits per heavy atom. The Morgan fingerprint density at radius 3 is 2.87 bits per heavy atom. The summed E-state index contributed by atoms with van der Waals surface area (Å²) in [4.78, 5) is 16.8. The highest BCUT2D eigenvalue weighted by Crippen LogP contribution is 2.20. The van der Waals surface area contributed by atoms with Gasteiger partial charge in [-0.15, -0.1) is 0 Å². The van der Waals surface area contributed by atoms with Gasteiger partial charge in [-0.1, -0.05) is 12.1 Å². The van der Waals surface area contributed by atoms with Crippen LogP contribution >= 0.6 is 0 Å². The van der Waals surface area contributed by atoms with Crippen molar-refractivity contribution in [3.05, 3.63) is 29.8 Å². The van der Waals surface area contributed by atoms with Crippen LogP contribution in [0.25, 0.3) is 0 Å². The number of urea groups is 1. The Balaban J connectivity index is 1.52. The topological polar surface area (TPSA) is 65.0 Å². The minimum Gasteiger partial charge on any atom is -0.508 e. The quantitative estimate of drug-likeness (QED) is 0.887. The number of hydrogen-bond donors (Lipinski definition) is 2. The maximum absolute atomic E-state index is 12.5. The fraction of sp³-hybridized carbons (Fsp3) is 0.588. The van der Waals surface area contributed by atoms with Crippen molar-refractivity contribution in [2.45, 2.75) is 25.4 Å². The summed E-state index contributed by atoms with van der Waals surface area (Å²) in [6.07, 6.45) is 1.02. The van der Waals surface area contributed by atoms with E-state index >= 15 is 0 Å². The van der Waals surface area contributed by atoms with Crippen molar-refractivity contribution in [3.8, 4) is 5.75 Å². The fourth-order valence-electron chi connectivity index (χ4n) is 3.32. The van der Waals surface area contributed by atoms with E-state index < -0.39 is 0 Å². The van der Waals surface area contributed by atoms with Crippen molar-refractivity contribution in [2.75, 3.05) is 39.4 Å². The molecule has 0 radical (unpaired) electrons. The highest BCUT2D eigenvalue weighted by molar-refractivity contribution is 5.75. The van der Waals surface area contributed by atoms with Crippen molar-refractivity contribution in [2.24, 2.45) is 0 Å². The molecule has 6 heteroatoms. The maximum atomic E-state index is 12.5. The molecule has 0 aliphatic carbocycles. The SMILES string of the molecule is C[C@@H](NC(=O)N1CC[C@H](N2CCOCC2)C1)c1cccc(O)c1. The third-order valence-corrected chi connectivity index (χ3v) is 4.72. The second-order valence-corrected chi connectivity index (χ2v) is 6.30. The molecule has 2 N–H and O–H groups in total. The van der Waals surface area contributed by atoms with Crippen molar-refractivity contribution >= 4 is 6.03 Å². The van der Waals surface area contributed by atoms with Gasteiger partial charge in [-0.3, -0.25) is 4.90 Å². The van der Waals surface area contributed by atoms with Gasteiger partial charge in [0.25, 0.3) is 0 Å². The first-order valence-corrected chi connectivity index (χ1v) is 8.29. The van der Waals surface area contributed by atoms with Crippen LogP contribution in [0.4, 0.5) is 4.79 Å². The third kappa shape index (κ3) is 3.95. The smallest absolute Gasteiger partial charge is 0.317 e. The van der Waals surface area contributed by atoms with Crippen molar-refractivity contribution in [1.82, 2.24) is 15.1 Å². The zero-order chi connectivity index (χ0) is 16.2. The highest BCUT2D eigenvalue weighted by atomic mass is 16.5. The average Bonchev–Trinajstić information content (AvgIpc) is 3.06. The number of rotatable bonds is 3. The van der Waals surface area contributed by atoms with Crippen LogP contribution in [0.2, 0.25) is 0 Å². The van der Waals surface area contributed by atoms with Crippen LogP contribution < -0.4 is 5.32 Å². The zero-order valence-corrected chi connectivity index (χ0v) is 13.6. The van der Waals surface area contributed by atoms with E-state index in [1.165, 1.54) is 0 Å². The second-order valence-electron chi connectivity index (χ2n) is 6.30. The largest absolute Gasteiger partial charge is 0.508 e. The molecule has 2 atom stereocenters. The summed E-state index contributed by atoms with van der Waals surface area (Å²) < 4.78 is 5.39. The molecular weight excluding hydrogens is 294 g/mol. The Kier molecular flexibility index (Phi) is 5.03. The number of carbonyl (C=O) groups excluding carboxylic acids is 1. The van der Waals surface area contributed by atoms with E-state index in [9.17, 15) is 9.90 Å². The molecule has 1 aromatic rings. The van der Waals surface area contributed by atoms with Crippen molar-refractivity contribution in [1.29, 1.82) is 0 Å². The summed E-state index contributed by atoms with van der Waals surface area (Å²) in [7, 11) is 0. The lowest BCUT2D eigenvalue weighted by molar-refractivity contribution is 0.0191. The van der Waals surface area contributed by atoms with E-state index in [0.717, 1.165) is 51.4 Å².